The molecule has 0 heterocycles. The Hall–Kier alpha value is -1.36. The van der Waals surface area contributed by atoms with Crippen LogP contribution in [0.1, 0.15) is 5.56 Å². The van der Waals surface area contributed by atoms with E-state index in [4.69, 9.17) is 9.47 Å². The van der Waals surface area contributed by atoms with Gasteiger partial charge in [-0.05, 0) is 45.8 Å². The molecule has 0 atom stereocenters. The quantitative estimate of drug-likeness (QED) is 0.776. The van der Waals surface area contributed by atoms with Crippen LogP contribution in [0.4, 0.5) is 0 Å². The molecule has 2 rings (SSSR count). The summed E-state index contributed by atoms with van der Waals surface area (Å²) >= 11 is 3.55. The highest BCUT2D eigenvalue weighted by Gasteiger charge is 2.04. The van der Waals surface area contributed by atoms with Crippen LogP contribution < -0.4 is 10.1 Å². The minimum absolute atomic E-state index is 0.719. The first-order valence-corrected chi connectivity index (χ1v) is 7.30. The molecule has 0 fully saturated rings. The molecule has 2 aromatic rings. The SMILES string of the molecule is COCCNCc1ccc(Oc2ccccc2)c(Br)c1. The third-order valence-corrected chi connectivity index (χ3v) is 3.40. The van der Waals surface area contributed by atoms with Gasteiger partial charge in [0.15, 0.2) is 0 Å². The Morgan fingerprint density at radius 3 is 2.60 bits per heavy atom. The van der Waals surface area contributed by atoms with Crippen molar-refractivity contribution in [2.24, 2.45) is 0 Å². The lowest BCUT2D eigenvalue weighted by Gasteiger charge is -2.10. The highest BCUT2D eigenvalue weighted by Crippen LogP contribution is 2.30. The van der Waals surface area contributed by atoms with Crippen molar-refractivity contribution in [3.05, 3.63) is 58.6 Å². The van der Waals surface area contributed by atoms with Crippen LogP contribution in [0.3, 0.4) is 0 Å². The lowest BCUT2D eigenvalue weighted by molar-refractivity contribution is 0.199. The van der Waals surface area contributed by atoms with Crippen molar-refractivity contribution in [3.8, 4) is 11.5 Å². The zero-order chi connectivity index (χ0) is 14.2. The summed E-state index contributed by atoms with van der Waals surface area (Å²) in [6, 6.07) is 15.9. The summed E-state index contributed by atoms with van der Waals surface area (Å²) < 4.78 is 11.8. The number of para-hydroxylation sites is 1. The highest BCUT2D eigenvalue weighted by atomic mass is 79.9. The minimum Gasteiger partial charge on any atom is -0.456 e. The van der Waals surface area contributed by atoms with E-state index in [9.17, 15) is 0 Å². The monoisotopic (exact) mass is 335 g/mol. The molecule has 0 spiro atoms. The fourth-order valence-electron chi connectivity index (χ4n) is 1.76. The third kappa shape index (κ3) is 4.63. The van der Waals surface area contributed by atoms with E-state index in [1.807, 2.05) is 36.4 Å². The van der Waals surface area contributed by atoms with Gasteiger partial charge < -0.3 is 14.8 Å². The molecule has 4 heteroatoms. The normalized spacial score (nSPS) is 10.5. The zero-order valence-electron chi connectivity index (χ0n) is 11.4. The summed E-state index contributed by atoms with van der Waals surface area (Å²) in [6.45, 7) is 2.38. The van der Waals surface area contributed by atoms with E-state index < -0.39 is 0 Å². The highest BCUT2D eigenvalue weighted by molar-refractivity contribution is 9.10. The molecule has 20 heavy (non-hydrogen) atoms. The molecule has 0 amide bonds. The van der Waals surface area contributed by atoms with Gasteiger partial charge in [-0.15, -0.1) is 0 Å². The molecule has 0 bridgehead atoms. The van der Waals surface area contributed by atoms with E-state index in [1.54, 1.807) is 7.11 Å². The van der Waals surface area contributed by atoms with Gasteiger partial charge in [-0.2, -0.15) is 0 Å². The van der Waals surface area contributed by atoms with Crippen LogP contribution >= 0.6 is 15.9 Å². The molecule has 0 saturated carbocycles. The Morgan fingerprint density at radius 1 is 1.10 bits per heavy atom. The van der Waals surface area contributed by atoms with Gasteiger partial charge in [-0.1, -0.05) is 24.3 Å². The second-order valence-corrected chi connectivity index (χ2v) is 5.20. The summed E-state index contributed by atoms with van der Waals surface area (Å²) in [5.41, 5.74) is 1.20. The Morgan fingerprint density at radius 2 is 1.90 bits per heavy atom. The van der Waals surface area contributed by atoms with E-state index in [-0.39, 0.29) is 0 Å². The van der Waals surface area contributed by atoms with Gasteiger partial charge in [0.2, 0.25) is 0 Å². The molecule has 106 valence electrons. The smallest absolute Gasteiger partial charge is 0.141 e. The van der Waals surface area contributed by atoms with Crippen molar-refractivity contribution in [1.82, 2.24) is 5.32 Å². The lowest BCUT2D eigenvalue weighted by Crippen LogP contribution is -2.18. The van der Waals surface area contributed by atoms with E-state index >= 15 is 0 Å². The average molecular weight is 336 g/mol. The maximum Gasteiger partial charge on any atom is 0.141 e. The molecule has 0 radical (unpaired) electrons. The van der Waals surface area contributed by atoms with Crippen LogP contribution in [0.25, 0.3) is 0 Å². The van der Waals surface area contributed by atoms with Crippen molar-refractivity contribution in [2.75, 3.05) is 20.3 Å². The fourth-order valence-corrected chi connectivity index (χ4v) is 2.27. The van der Waals surface area contributed by atoms with Crippen molar-refractivity contribution in [2.45, 2.75) is 6.54 Å². The molecule has 0 aliphatic heterocycles. The molecular formula is C16H18BrNO2. The van der Waals surface area contributed by atoms with E-state index in [1.165, 1.54) is 5.56 Å². The van der Waals surface area contributed by atoms with Crippen molar-refractivity contribution in [1.29, 1.82) is 0 Å². The Labute approximate surface area is 128 Å². The van der Waals surface area contributed by atoms with Gasteiger partial charge in [-0.25, -0.2) is 0 Å². The minimum atomic E-state index is 0.719. The van der Waals surface area contributed by atoms with Crippen LogP contribution in [0, 0.1) is 0 Å². The summed E-state index contributed by atoms with van der Waals surface area (Å²) in [5, 5.41) is 3.31. The van der Waals surface area contributed by atoms with E-state index in [2.05, 4.69) is 33.4 Å². The number of methoxy groups -OCH3 is 1. The predicted octanol–water partition coefficient (Wildman–Crippen LogP) is 3.98. The number of rotatable bonds is 7. The lowest BCUT2D eigenvalue weighted by atomic mass is 10.2. The summed E-state index contributed by atoms with van der Waals surface area (Å²) in [5.74, 6) is 1.65. The standard InChI is InChI=1S/C16H18BrNO2/c1-19-10-9-18-12-13-7-8-16(15(17)11-13)20-14-5-3-2-4-6-14/h2-8,11,18H,9-10,12H2,1H3. The topological polar surface area (TPSA) is 30.5 Å². The van der Waals surface area contributed by atoms with Gasteiger partial charge in [0.1, 0.15) is 11.5 Å². The van der Waals surface area contributed by atoms with Gasteiger partial charge in [0, 0.05) is 20.2 Å². The maximum atomic E-state index is 5.82. The molecule has 1 N–H and O–H groups in total. The Kier molecular flexibility index (Phi) is 6.05. The fraction of sp³-hybridized carbons (Fsp3) is 0.250. The van der Waals surface area contributed by atoms with Gasteiger partial charge in [0.05, 0.1) is 11.1 Å². The molecule has 3 nitrogen and oxygen atoms in total. The molecular weight excluding hydrogens is 318 g/mol. The van der Waals surface area contributed by atoms with Gasteiger partial charge in [-0.3, -0.25) is 0 Å². The van der Waals surface area contributed by atoms with Gasteiger partial charge >= 0.3 is 0 Å². The van der Waals surface area contributed by atoms with Crippen molar-refractivity contribution >= 4 is 15.9 Å². The number of hydrogen-bond acceptors (Lipinski definition) is 3. The van der Waals surface area contributed by atoms with Crippen LogP contribution in [0.15, 0.2) is 53.0 Å². The molecule has 2 aromatic carbocycles. The second kappa shape index (κ2) is 8.04. The van der Waals surface area contributed by atoms with Crippen LogP contribution in [0.5, 0.6) is 11.5 Å². The average Bonchev–Trinajstić information content (AvgIpc) is 2.47. The van der Waals surface area contributed by atoms with E-state index in [0.29, 0.717) is 0 Å². The summed E-state index contributed by atoms with van der Waals surface area (Å²) in [6.07, 6.45) is 0. The van der Waals surface area contributed by atoms with E-state index in [0.717, 1.165) is 35.7 Å². The van der Waals surface area contributed by atoms with Crippen molar-refractivity contribution < 1.29 is 9.47 Å². The largest absolute Gasteiger partial charge is 0.456 e. The first-order valence-electron chi connectivity index (χ1n) is 6.50. The number of benzene rings is 2. The number of hydrogen-bond donors (Lipinski definition) is 1. The van der Waals surface area contributed by atoms with Crippen LogP contribution in [-0.4, -0.2) is 20.3 Å². The Bertz CT molecular complexity index is 531. The first kappa shape index (κ1) is 15.0. The van der Waals surface area contributed by atoms with Crippen LogP contribution in [0.2, 0.25) is 0 Å². The van der Waals surface area contributed by atoms with Crippen LogP contribution in [-0.2, 0) is 11.3 Å². The molecule has 0 aromatic heterocycles. The molecule has 0 saturated heterocycles. The predicted molar refractivity (Wildman–Crippen MR) is 84.2 cm³/mol. The molecule has 0 unspecified atom stereocenters. The maximum absolute atomic E-state index is 5.82. The first-order chi connectivity index (χ1) is 9.79. The number of halogens is 1. The van der Waals surface area contributed by atoms with Gasteiger partial charge in [0.25, 0.3) is 0 Å². The molecule has 0 aliphatic carbocycles. The summed E-state index contributed by atoms with van der Waals surface area (Å²) in [7, 11) is 1.70. The number of nitrogens with one attached hydrogen (secondary N) is 1. The zero-order valence-corrected chi connectivity index (χ0v) is 13.0. The second-order valence-electron chi connectivity index (χ2n) is 4.35. The summed E-state index contributed by atoms with van der Waals surface area (Å²) in [4.78, 5) is 0. The molecule has 0 aliphatic rings. The number of ether oxygens (including phenoxy) is 2. The Balaban J connectivity index is 1.95. The third-order valence-electron chi connectivity index (χ3n) is 2.78. The van der Waals surface area contributed by atoms with Crippen molar-refractivity contribution in [3.63, 3.8) is 0 Å².